The monoisotopic (exact) mass is 306 g/mol. The van der Waals surface area contributed by atoms with Gasteiger partial charge < -0.3 is 0 Å². The third kappa shape index (κ3) is 3.01. The molecule has 0 radical (unpaired) electrons. The van der Waals surface area contributed by atoms with Gasteiger partial charge in [0.05, 0.1) is 0 Å². The Kier molecular flexibility index (Phi) is 6.84. The summed E-state index contributed by atoms with van der Waals surface area (Å²) in [5.41, 5.74) is 0. The fraction of sp³-hybridized carbons (Fsp3) is 1.00. The molecule has 7 heteroatoms. The van der Waals surface area contributed by atoms with Crippen LogP contribution in [0.5, 0.6) is 0 Å². The van der Waals surface area contributed by atoms with Crippen LogP contribution in [0, 0.1) is 0 Å². The van der Waals surface area contributed by atoms with Gasteiger partial charge in [-0.15, -0.1) is 0 Å². The zero-order valence-electron chi connectivity index (χ0n) is 9.78. The molecule has 0 aliphatic carbocycles. The number of sulfone groups is 2. The van der Waals surface area contributed by atoms with Crippen molar-refractivity contribution in [2.24, 2.45) is 0 Å². The average Bonchev–Trinajstić information content (AvgIpc) is 2.15. The molecule has 0 unspecified atom stereocenters. The maximum absolute atomic E-state index is 11.7. The van der Waals surface area contributed by atoms with Gasteiger partial charge in [-0.3, -0.25) is 0 Å². The van der Waals surface area contributed by atoms with Crippen molar-refractivity contribution >= 4 is 19.7 Å². The summed E-state index contributed by atoms with van der Waals surface area (Å²) >= 11 is 0. The van der Waals surface area contributed by atoms with E-state index in [0.717, 1.165) is 0 Å². The first kappa shape index (κ1) is 17.9. The summed E-state index contributed by atoms with van der Waals surface area (Å²) in [5.74, 6) is -0.285. The molecule has 0 rings (SSSR count). The van der Waals surface area contributed by atoms with Gasteiger partial charge >= 0.3 is 0 Å². The molecule has 0 aromatic heterocycles. The molecule has 0 aliphatic heterocycles. The van der Waals surface area contributed by atoms with Crippen LogP contribution in [-0.4, -0.2) is 32.4 Å². The Morgan fingerprint density at radius 2 is 1.13 bits per heavy atom. The van der Waals surface area contributed by atoms with Gasteiger partial charge in [0, 0.05) is 31.0 Å². The second kappa shape index (κ2) is 5.73. The summed E-state index contributed by atoms with van der Waals surface area (Å²) < 4.78 is 45.1. The molecule has 0 N–H and O–H groups in total. The Morgan fingerprint density at radius 1 is 0.867 bits per heavy atom. The van der Waals surface area contributed by atoms with Gasteiger partial charge in [0.2, 0.25) is 0 Å². The maximum atomic E-state index is 11.7. The molecule has 88 valence electrons. The molecule has 0 saturated carbocycles. The van der Waals surface area contributed by atoms with E-state index in [4.69, 9.17) is 0 Å². The molecule has 4 nitrogen and oxygen atoms in total. The SMILES string of the molecule is CCC(C)(S(=O)(=O)CC)S(=O)(=O)CC.[Zn]. The van der Waals surface area contributed by atoms with Crippen LogP contribution < -0.4 is 0 Å². The summed E-state index contributed by atoms with van der Waals surface area (Å²) in [5, 5.41) is 0. The molecule has 0 fully saturated rings. The number of hydrogen-bond acceptors (Lipinski definition) is 4. The van der Waals surface area contributed by atoms with Gasteiger partial charge in [-0.05, 0) is 13.3 Å². The Hall–Kier alpha value is 0.523. The van der Waals surface area contributed by atoms with Crippen LogP contribution in [0.15, 0.2) is 0 Å². The van der Waals surface area contributed by atoms with Crippen LogP contribution in [0.1, 0.15) is 34.1 Å². The standard InChI is InChI=1S/C8H18O4S2.Zn/c1-5-8(4,13(9,10)6-2)14(11,12)7-3;/h5-7H2,1-4H3;. The van der Waals surface area contributed by atoms with Crippen LogP contribution in [-0.2, 0) is 39.2 Å². The van der Waals surface area contributed by atoms with E-state index in [1.54, 1.807) is 6.92 Å². The van der Waals surface area contributed by atoms with Crippen molar-refractivity contribution in [3.63, 3.8) is 0 Å². The van der Waals surface area contributed by atoms with Gasteiger partial charge in [-0.25, -0.2) is 16.8 Å². The normalized spacial score (nSPS) is 13.3. The van der Waals surface area contributed by atoms with Crippen LogP contribution in [0.3, 0.4) is 0 Å². The van der Waals surface area contributed by atoms with Crippen molar-refractivity contribution < 1.29 is 36.3 Å². The quantitative estimate of drug-likeness (QED) is 0.710. The molecule has 0 amide bonds. The molecular formula is C8H18O4S2Zn. The first-order chi connectivity index (χ1) is 6.18. The van der Waals surface area contributed by atoms with Gasteiger partial charge in [-0.2, -0.15) is 0 Å². The molecule has 0 bridgehead atoms. The molecule has 0 atom stereocenters. The third-order valence-electron chi connectivity index (χ3n) is 2.72. The first-order valence-electron chi connectivity index (χ1n) is 4.63. The Bertz CT molecular complexity index is 349. The predicted molar refractivity (Wildman–Crippen MR) is 57.6 cm³/mol. The molecule has 0 saturated heterocycles. The molecule has 0 heterocycles. The second-order valence-electron chi connectivity index (χ2n) is 3.29. The zero-order chi connectivity index (χ0) is 11.6. The summed E-state index contributed by atoms with van der Waals surface area (Å²) in [6.45, 7) is 5.81. The molecule has 0 aromatic carbocycles. The van der Waals surface area contributed by atoms with E-state index >= 15 is 0 Å². The summed E-state index contributed by atoms with van der Waals surface area (Å²) in [6.07, 6.45) is 0.0966. The molecule has 0 spiro atoms. The van der Waals surface area contributed by atoms with Gasteiger partial charge in [0.25, 0.3) is 0 Å². The van der Waals surface area contributed by atoms with Crippen molar-refractivity contribution in [2.45, 2.75) is 38.2 Å². The fourth-order valence-corrected chi connectivity index (χ4v) is 5.60. The van der Waals surface area contributed by atoms with Crippen LogP contribution in [0.2, 0.25) is 0 Å². The van der Waals surface area contributed by atoms with Gasteiger partial charge in [0.1, 0.15) is 0 Å². The molecule has 0 aromatic rings. The van der Waals surface area contributed by atoms with E-state index in [1.807, 2.05) is 0 Å². The smallest absolute Gasteiger partial charge is 0.170 e. The predicted octanol–water partition coefficient (Wildman–Crippen LogP) is 0.980. The summed E-state index contributed by atoms with van der Waals surface area (Å²) in [6, 6.07) is 0. The van der Waals surface area contributed by atoms with Gasteiger partial charge in [-0.1, -0.05) is 20.8 Å². The van der Waals surface area contributed by atoms with E-state index in [-0.39, 0.29) is 37.4 Å². The molecule has 0 aliphatic rings. The maximum Gasteiger partial charge on any atom is 0.170 e. The fourth-order valence-electron chi connectivity index (χ4n) is 1.24. The van der Waals surface area contributed by atoms with E-state index in [0.29, 0.717) is 0 Å². The van der Waals surface area contributed by atoms with Gasteiger partial charge in [0.15, 0.2) is 23.8 Å². The van der Waals surface area contributed by atoms with Crippen LogP contribution in [0.4, 0.5) is 0 Å². The van der Waals surface area contributed by atoms with Crippen molar-refractivity contribution in [3.05, 3.63) is 0 Å². The molecule has 15 heavy (non-hydrogen) atoms. The zero-order valence-corrected chi connectivity index (χ0v) is 14.4. The topological polar surface area (TPSA) is 68.3 Å². The van der Waals surface area contributed by atoms with Crippen molar-refractivity contribution in [3.8, 4) is 0 Å². The largest absolute Gasteiger partial charge is 0.227 e. The van der Waals surface area contributed by atoms with Crippen molar-refractivity contribution in [1.29, 1.82) is 0 Å². The van der Waals surface area contributed by atoms with E-state index in [9.17, 15) is 16.8 Å². The van der Waals surface area contributed by atoms with Crippen LogP contribution in [0.25, 0.3) is 0 Å². The number of rotatable bonds is 5. The minimum absolute atomic E-state index is 0. The Labute approximate surface area is 105 Å². The molecular weight excluding hydrogens is 290 g/mol. The number of hydrogen-bond donors (Lipinski definition) is 0. The summed E-state index contributed by atoms with van der Waals surface area (Å²) in [4.78, 5) is 0. The first-order valence-corrected chi connectivity index (χ1v) is 7.93. The van der Waals surface area contributed by atoms with Crippen LogP contribution >= 0.6 is 0 Å². The minimum Gasteiger partial charge on any atom is -0.227 e. The van der Waals surface area contributed by atoms with E-state index < -0.39 is 23.8 Å². The average molecular weight is 308 g/mol. The van der Waals surface area contributed by atoms with Crippen molar-refractivity contribution in [2.75, 3.05) is 11.5 Å². The Morgan fingerprint density at radius 3 is 1.27 bits per heavy atom. The second-order valence-corrected chi connectivity index (χ2v) is 8.97. The van der Waals surface area contributed by atoms with E-state index in [2.05, 4.69) is 0 Å². The third-order valence-corrected chi connectivity index (χ3v) is 8.97. The van der Waals surface area contributed by atoms with E-state index in [1.165, 1.54) is 20.8 Å². The minimum atomic E-state index is -3.57. The summed E-state index contributed by atoms with van der Waals surface area (Å²) in [7, 11) is -7.14. The van der Waals surface area contributed by atoms with Crippen molar-refractivity contribution in [1.82, 2.24) is 0 Å². The Balaban J connectivity index is 0.